The van der Waals surface area contributed by atoms with E-state index in [0.29, 0.717) is 55.8 Å². The number of hydrogen-bond donors (Lipinski definition) is 2. The fourth-order valence-electron chi connectivity index (χ4n) is 10.0. The number of benzene rings is 4. The number of ketones is 2. The van der Waals surface area contributed by atoms with Crippen molar-refractivity contribution in [2.75, 3.05) is 20.2 Å². The Kier molecular flexibility index (Phi) is 12.8. The van der Waals surface area contributed by atoms with Crippen LogP contribution in [0.4, 0.5) is 4.79 Å². The van der Waals surface area contributed by atoms with Gasteiger partial charge in [0.1, 0.15) is 12.1 Å². The van der Waals surface area contributed by atoms with E-state index >= 15 is 0 Å². The van der Waals surface area contributed by atoms with Crippen LogP contribution in [0.2, 0.25) is 0 Å². The molecule has 1 saturated carbocycles. The number of ether oxygens (including phenoxy) is 1. The van der Waals surface area contributed by atoms with E-state index in [1.165, 1.54) is 26.9 Å². The maximum atomic E-state index is 14.1. The molecule has 62 heavy (non-hydrogen) atoms. The number of likely N-dealkylation sites (tertiary alicyclic amines) is 2. The first-order valence-corrected chi connectivity index (χ1v) is 22.0. The fourth-order valence-corrected chi connectivity index (χ4v) is 10.0. The van der Waals surface area contributed by atoms with Crippen LogP contribution < -0.4 is 10.6 Å². The molecule has 2 saturated heterocycles. The SMILES string of the molecule is COC(=O)N[C@@H](C(=O)N1CCC[C@H]1C(=O)Cc1ccc2c3ccc(CC(=O)[C@@H]4CCCN4C(=O)[C@H](NC(C)=O)c4ccccc4)cc3n(CC3CCCC3)c2c1)c1ccccc1. The van der Waals surface area contributed by atoms with Crippen LogP contribution in [0.15, 0.2) is 97.1 Å². The van der Waals surface area contributed by atoms with E-state index < -0.39 is 30.3 Å². The van der Waals surface area contributed by atoms with E-state index in [2.05, 4.69) is 39.5 Å². The third-order valence-corrected chi connectivity index (χ3v) is 13.0. The molecule has 12 heteroatoms. The zero-order valence-electron chi connectivity index (χ0n) is 35.5. The molecule has 322 valence electrons. The van der Waals surface area contributed by atoms with Crippen molar-refractivity contribution in [3.63, 3.8) is 0 Å². The summed E-state index contributed by atoms with van der Waals surface area (Å²) < 4.78 is 7.20. The van der Waals surface area contributed by atoms with Gasteiger partial charge in [0.05, 0.1) is 19.2 Å². The summed E-state index contributed by atoms with van der Waals surface area (Å²) in [6.07, 6.45) is 6.79. The summed E-state index contributed by atoms with van der Waals surface area (Å²) in [5.74, 6) is -0.496. The predicted molar refractivity (Wildman–Crippen MR) is 236 cm³/mol. The summed E-state index contributed by atoms with van der Waals surface area (Å²) in [4.78, 5) is 84.0. The molecule has 0 unspecified atom stereocenters. The quantitative estimate of drug-likeness (QED) is 0.121. The Hall–Kier alpha value is -6.30. The summed E-state index contributed by atoms with van der Waals surface area (Å²) >= 11 is 0. The molecule has 3 aliphatic rings. The van der Waals surface area contributed by atoms with Gasteiger partial charge in [0.25, 0.3) is 5.91 Å². The van der Waals surface area contributed by atoms with Crippen molar-refractivity contribution in [2.45, 2.75) is 102 Å². The van der Waals surface area contributed by atoms with E-state index in [1.54, 1.807) is 34.1 Å². The number of alkyl carbamates (subject to hydrolysis) is 1. The lowest BCUT2D eigenvalue weighted by Crippen LogP contribution is -2.47. The standard InChI is InChI=1S/C50H55N5O7/c1-32(56)51-46(36-15-5-3-6-16-36)48(59)53-25-11-19-40(53)44(57)29-34-21-23-38-39-24-22-35(28-43(39)55(42(38)27-34)31-33-13-9-10-14-33)30-45(58)41-20-12-26-54(41)49(60)47(52-50(61)62-2)37-17-7-4-8-18-37/h3-8,15-18,21-24,27-28,33,40-41,46-47H,9-14,19-20,25-26,29-31H2,1-2H3,(H,51,56)(H,52,61)/t40-,41-,46+,47+/m0/s1. The number of nitrogens with one attached hydrogen (secondary N) is 2. The molecule has 2 N–H and O–H groups in total. The van der Waals surface area contributed by atoms with Crippen molar-refractivity contribution in [3.05, 3.63) is 119 Å². The molecule has 3 heterocycles. The highest BCUT2D eigenvalue weighted by molar-refractivity contribution is 6.09. The van der Waals surface area contributed by atoms with Crippen molar-refractivity contribution in [1.29, 1.82) is 0 Å². The van der Waals surface area contributed by atoms with Gasteiger partial charge in [0.15, 0.2) is 11.6 Å². The van der Waals surface area contributed by atoms with Crippen LogP contribution in [0.25, 0.3) is 21.8 Å². The maximum absolute atomic E-state index is 14.1. The Bertz CT molecular complexity index is 2480. The Morgan fingerprint density at radius 2 is 1.08 bits per heavy atom. The zero-order valence-corrected chi connectivity index (χ0v) is 35.5. The van der Waals surface area contributed by atoms with Gasteiger partial charge >= 0.3 is 6.09 Å². The molecule has 4 atom stereocenters. The highest BCUT2D eigenvalue weighted by atomic mass is 16.5. The second-order valence-corrected chi connectivity index (χ2v) is 17.2. The molecule has 4 amide bonds. The molecule has 12 nitrogen and oxygen atoms in total. The number of methoxy groups -OCH3 is 1. The van der Waals surface area contributed by atoms with Gasteiger partial charge in [0, 0.05) is 61.2 Å². The zero-order chi connectivity index (χ0) is 43.3. The molecule has 4 aromatic carbocycles. The van der Waals surface area contributed by atoms with Gasteiger partial charge in [-0.15, -0.1) is 0 Å². The lowest BCUT2D eigenvalue weighted by molar-refractivity contribution is -0.140. The highest BCUT2D eigenvalue weighted by Crippen LogP contribution is 2.36. The van der Waals surface area contributed by atoms with Crippen molar-refractivity contribution < 1.29 is 33.5 Å². The monoisotopic (exact) mass is 837 g/mol. The maximum Gasteiger partial charge on any atom is 0.407 e. The summed E-state index contributed by atoms with van der Waals surface area (Å²) in [5, 5.41) is 7.62. The average molecular weight is 838 g/mol. The van der Waals surface area contributed by atoms with Gasteiger partial charge in [0.2, 0.25) is 11.8 Å². The normalized spacial score (nSPS) is 18.8. The van der Waals surface area contributed by atoms with E-state index in [0.717, 1.165) is 52.3 Å². The van der Waals surface area contributed by atoms with Gasteiger partial charge in [-0.1, -0.05) is 97.8 Å². The van der Waals surface area contributed by atoms with E-state index in [9.17, 15) is 28.8 Å². The fraction of sp³-hybridized carbons (Fsp3) is 0.400. The Morgan fingerprint density at radius 1 is 0.613 bits per heavy atom. The van der Waals surface area contributed by atoms with E-state index in [-0.39, 0.29) is 42.1 Å². The Labute approximate surface area is 362 Å². The van der Waals surface area contributed by atoms with Crippen LogP contribution in [0.3, 0.4) is 0 Å². The molecular weight excluding hydrogens is 783 g/mol. The first kappa shape index (κ1) is 42.4. The third-order valence-electron chi connectivity index (χ3n) is 13.0. The predicted octanol–water partition coefficient (Wildman–Crippen LogP) is 7.16. The van der Waals surface area contributed by atoms with Crippen molar-refractivity contribution in [3.8, 4) is 0 Å². The number of nitrogens with zero attached hydrogens (tertiary/aromatic N) is 3. The molecule has 8 rings (SSSR count). The topological polar surface area (TPSA) is 147 Å². The summed E-state index contributed by atoms with van der Waals surface area (Å²) in [7, 11) is 1.25. The second-order valence-electron chi connectivity index (χ2n) is 17.2. The number of amides is 4. The van der Waals surface area contributed by atoms with E-state index in [1.807, 2.05) is 48.5 Å². The van der Waals surface area contributed by atoms with Crippen LogP contribution in [0.5, 0.6) is 0 Å². The van der Waals surface area contributed by atoms with Crippen molar-refractivity contribution in [1.82, 2.24) is 25.0 Å². The molecule has 1 aromatic heterocycles. The Morgan fingerprint density at radius 3 is 1.53 bits per heavy atom. The van der Waals surface area contributed by atoms with Crippen LogP contribution >= 0.6 is 0 Å². The molecule has 0 radical (unpaired) electrons. The molecule has 1 aliphatic carbocycles. The van der Waals surface area contributed by atoms with Crippen LogP contribution in [-0.2, 0) is 48.1 Å². The van der Waals surface area contributed by atoms with Gasteiger partial charge < -0.3 is 29.7 Å². The lowest BCUT2D eigenvalue weighted by Gasteiger charge is -2.28. The van der Waals surface area contributed by atoms with Crippen LogP contribution in [0.1, 0.15) is 92.6 Å². The number of carbonyl (C=O) groups excluding carboxylic acids is 6. The number of Topliss-reactive ketones (excluding diaryl/α,β-unsaturated/α-hetero) is 2. The van der Waals surface area contributed by atoms with Crippen LogP contribution in [0, 0.1) is 5.92 Å². The first-order chi connectivity index (χ1) is 30.1. The summed E-state index contributed by atoms with van der Waals surface area (Å²) in [5.41, 5.74) is 5.09. The largest absolute Gasteiger partial charge is 0.453 e. The highest BCUT2D eigenvalue weighted by Gasteiger charge is 2.39. The molecule has 0 bridgehead atoms. The number of carbonyl (C=O) groups is 6. The lowest BCUT2D eigenvalue weighted by atomic mass is 9.98. The van der Waals surface area contributed by atoms with Gasteiger partial charge in [-0.3, -0.25) is 24.0 Å². The summed E-state index contributed by atoms with van der Waals surface area (Å²) in [6.45, 7) is 3.08. The number of aromatic nitrogens is 1. The number of fused-ring (bicyclic) bond motifs is 3. The van der Waals surface area contributed by atoms with Gasteiger partial charge in [-0.25, -0.2) is 4.79 Å². The van der Waals surface area contributed by atoms with E-state index in [4.69, 9.17) is 4.74 Å². The van der Waals surface area contributed by atoms with Crippen LogP contribution in [-0.4, -0.2) is 82.0 Å². The molecular formula is C50H55N5O7. The minimum absolute atomic E-state index is 0.0281. The minimum Gasteiger partial charge on any atom is -0.453 e. The summed E-state index contributed by atoms with van der Waals surface area (Å²) in [6, 6.07) is 27.5. The molecule has 5 aromatic rings. The minimum atomic E-state index is -0.985. The third kappa shape index (κ3) is 9.00. The molecule has 0 spiro atoms. The van der Waals surface area contributed by atoms with Gasteiger partial charge in [-0.05, 0) is 78.8 Å². The smallest absolute Gasteiger partial charge is 0.407 e. The first-order valence-electron chi connectivity index (χ1n) is 22.0. The van der Waals surface area contributed by atoms with Gasteiger partial charge in [-0.2, -0.15) is 0 Å². The molecule has 3 fully saturated rings. The number of rotatable bonds is 14. The second kappa shape index (κ2) is 18.8. The Balaban J connectivity index is 1.04. The average Bonchev–Trinajstić information content (AvgIpc) is 4.13. The van der Waals surface area contributed by atoms with Crippen molar-refractivity contribution >= 4 is 57.2 Å². The molecule has 2 aliphatic heterocycles. The number of hydrogen-bond acceptors (Lipinski definition) is 7. The van der Waals surface area contributed by atoms with Crippen molar-refractivity contribution in [2.24, 2.45) is 5.92 Å².